The Hall–Kier alpha value is -0.600. The van der Waals surface area contributed by atoms with Gasteiger partial charge in [0.05, 0.1) is 11.7 Å². The molecule has 3 fully saturated rings. The average Bonchev–Trinajstić information content (AvgIpc) is 3.00. The molecule has 0 aliphatic heterocycles. The number of allylic oxidation sites excluding steroid dienone is 2. The minimum Gasteiger partial charge on any atom is -0.393 e. The van der Waals surface area contributed by atoms with E-state index in [0.29, 0.717) is 17.3 Å². The molecule has 4 aliphatic carbocycles. The van der Waals surface area contributed by atoms with Gasteiger partial charge in [-0.1, -0.05) is 51.5 Å². The van der Waals surface area contributed by atoms with Gasteiger partial charge in [0.2, 0.25) is 0 Å². The quantitative estimate of drug-likeness (QED) is 0.545. The molecule has 2 unspecified atom stereocenters. The molecule has 0 aromatic carbocycles. The topological polar surface area (TPSA) is 40.5 Å². The Labute approximate surface area is 178 Å². The second-order valence-corrected chi connectivity index (χ2v) is 12.1. The maximum absolute atomic E-state index is 11.5. The summed E-state index contributed by atoms with van der Waals surface area (Å²) in [5, 5.41) is 21.7. The maximum atomic E-state index is 11.5. The molecular weight excluding hydrogens is 356 g/mol. The molecule has 0 amide bonds. The maximum Gasteiger partial charge on any atom is 0.0832 e. The third-order valence-corrected chi connectivity index (χ3v) is 9.85. The predicted molar refractivity (Wildman–Crippen MR) is 120 cm³/mol. The highest BCUT2D eigenvalue weighted by Crippen LogP contribution is 2.67. The molecule has 2 heteroatoms. The largest absolute Gasteiger partial charge is 0.393 e. The molecule has 3 saturated carbocycles. The van der Waals surface area contributed by atoms with Crippen LogP contribution in [0.2, 0.25) is 0 Å². The monoisotopic (exact) mass is 400 g/mol. The van der Waals surface area contributed by atoms with E-state index >= 15 is 0 Å². The summed E-state index contributed by atoms with van der Waals surface area (Å²) in [6.07, 6.45) is 17.0. The summed E-state index contributed by atoms with van der Waals surface area (Å²) < 4.78 is 0. The van der Waals surface area contributed by atoms with E-state index in [2.05, 4.69) is 52.8 Å². The van der Waals surface area contributed by atoms with E-state index in [9.17, 15) is 10.2 Å². The van der Waals surface area contributed by atoms with E-state index < -0.39 is 5.60 Å². The zero-order valence-electron chi connectivity index (χ0n) is 19.5. The molecule has 4 rings (SSSR count). The summed E-state index contributed by atoms with van der Waals surface area (Å²) in [5.41, 5.74) is 1.42. The highest BCUT2D eigenvalue weighted by atomic mass is 16.3. The molecule has 4 aliphatic rings. The molecule has 164 valence electrons. The summed E-state index contributed by atoms with van der Waals surface area (Å²) >= 11 is 0. The molecular formula is C27H44O2. The zero-order chi connectivity index (χ0) is 21.0. The lowest BCUT2D eigenvalue weighted by Crippen LogP contribution is -2.52. The van der Waals surface area contributed by atoms with Crippen molar-refractivity contribution >= 4 is 0 Å². The van der Waals surface area contributed by atoms with E-state index in [1.54, 1.807) is 5.57 Å². The van der Waals surface area contributed by atoms with Crippen molar-refractivity contribution in [3.05, 3.63) is 23.8 Å². The highest BCUT2D eigenvalue weighted by molar-refractivity contribution is 5.26. The summed E-state index contributed by atoms with van der Waals surface area (Å²) in [4.78, 5) is 0. The van der Waals surface area contributed by atoms with Crippen LogP contribution in [-0.4, -0.2) is 21.9 Å². The zero-order valence-corrected chi connectivity index (χ0v) is 19.5. The van der Waals surface area contributed by atoms with Crippen LogP contribution in [0.25, 0.3) is 0 Å². The van der Waals surface area contributed by atoms with E-state index in [-0.39, 0.29) is 11.5 Å². The van der Waals surface area contributed by atoms with Crippen LogP contribution in [0.3, 0.4) is 0 Å². The lowest BCUT2D eigenvalue weighted by atomic mass is 9.47. The lowest BCUT2D eigenvalue weighted by molar-refractivity contribution is -0.0854. The Kier molecular flexibility index (Phi) is 5.61. The van der Waals surface area contributed by atoms with Crippen LogP contribution in [0.4, 0.5) is 0 Å². The van der Waals surface area contributed by atoms with Crippen LogP contribution in [0, 0.1) is 40.4 Å². The Bertz CT molecular complexity index is 674. The first-order valence-corrected chi connectivity index (χ1v) is 12.4. The van der Waals surface area contributed by atoms with Crippen LogP contribution in [0.5, 0.6) is 0 Å². The molecule has 0 radical (unpaired) electrons. The number of aliphatic hydroxyl groups excluding tert-OH is 1. The van der Waals surface area contributed by atoms with Crippen molar-refractivity contribution in [2.75, 3.05) is 0 Å². The first-order chi connectivity index (χ1) is 13.6. The fraction of sp³-hybridized carbons (Fsp3) is 0.852. The van der Waals surface area contributed by atoms with Gasteiger partial charge in [-0.2, -0.15) is 0 Å². The Morgan fingerprint density at radius 1 is 1.14 bits per heavy atom. The van der Waals surface area contributed by atoms with E-state index in [4.69, 9.17) is 0 Å². The van der Waals surface area contributed by atoms with Crippen LogP contribution < -0.4 is 0 Å². The molecule has 0 bridgehead atoms. The molecule has 0 spiro atoms. The van der Waals surface area contributed by atoms with Crippen LogP contribution in [0.15, 0.2) is 23.8 Å². The number of aliphatic hydroxyl groups is 2. The van der Waals surface area contributed by atoms with Crippen molar-refractivity contribution < 1.29 is 10.2 Å². The van der Waals surface area contributed by atoms with Crippen molar-refractivity contribution in [3.63, 3.8) is 0 Å². The molecule has 0 aromatic heterocycles. The third-order valence-electron chi connectivity index (χ3n) is 9.85. The molecule has 2 N–H and O–H groups in total. The number of hydrogen-bond donors (Lipinski definition) is 2. The second kappa shape index (κ2) is 7.52. The Balaban J connectivity index is 1.57. The Morgan fingerprint density at radius 2 is 1.90 bits per heavy atom. The predicted octanol–water partition coefficient (Wildman–Crippen LogP) is 6.28. The smallest absolute Gasteiger partial charge is 0.0832 e. The van der Waals surface area contributed by atoms with Crippen molar-refractivity contribution in [1.29, 1.82) is 0 Å². The highest BCUT2D eigenvalue weighted by Gasteiger charge is 2.60. The first kappa shape index (κ1) is 21.6. The van der Waals surface area contributed by atoms with E-state index in [0.717, 1.165) is 49.9 Å². The van der Waals surface area contributed by atoms with Crippen LogP contribution >= 0.6 is 0 Å². The molecule has 8 atom stereocenters. The normalized spacial score (nSPS) is 46.8. The van der Waals surface area contributed by atoms with E-state index in [1.807, 2.05) is 0 Å². The van der Waals surface area contributed by atoms with Gasteiger partial charge in [0, 0.05) is 0 Å². The average molecular weight is 401 g/mol. The van der Waals surface area contributed by atoms with E-state index in [1.165, 1.54) is 25.7 Å². The van der Waals surface area contributed by atoms with Crippen molar-refractivity contribution in [1.82, 2.24) is 0 Å². The number of hydrogen-bond acceptors (Lipinski definition) is 2. The van der Waals surface area contributed by atoms with Gasteiger partial charge in [-0.15, -0.1) is 0 Å². The first-order valence-electron chi connectivity index (χ1n) is 12.4. The number of fused-ring (bicyclic) bond motifs is 5. The number of rotatable bonds is 4. The summed E-state index contributed by atoms with van der Waals surface area (Å²) in [7, 11) is 0. The Morgan fingerprint density at radius 3 is 2.62 bits per heavy atom. The standard InChI is InChI=1S/C27H44O2/c1-18(2)7-6-14-27(5,29)24-11-10-22-21-9-8-19-17-20(28)12-15-25(19,3)23(21)13-16-26(22,24)4/h6,8,14,18,20-24,28-29H,7,9-13,15-17H2,1-5H3/t20-,21-,22-,23-,24?,25-,26-,27?/m0/s1. The van der Waals surface area contributed by atoms with Gasteiger partial charge >= 0.3 is 0 Å². The summed E-state index contributed by atoms with van der Waals surface area (Å²) in [6, 6.07) is 0. The van der Waals surface area contributed by atoms with Crippen LogP contribution in [0.1, 0.15) is 92.4 Å². The third kappa shape index (κ3) is 3.57. The van der Waals surface area contributed by atoms with Gasteiger partial charge < -0.3 is 10.2 Å². The fourth-order valence-corrected chi connectivity index (χ4v) is 8.30. The fourth-order valence-electron chi connectivity index (χ4n) is 8.30. The van der Waals surface area contributed by atoms with Gasteiger partial charge in [-0.25, -0.2) is 0 Å². The summed E-state index contributed by atoms with van der Waals surface area (Å²) in [6.45, 7) is 11.5. The second-order valence-electron chi connectivity index (χ2n) is 12.1. The summed E-state index contributed by atoms with van der Waals surface area (Å²) in [5.74, 6) is 3.28. The molecule has 29 heavy (non-hydrogen) atoms. The van der Waals surface area contributed by atoms with Gasteiger partial charge in [-0.05, 0) is 105 Å². The molecule has 0 aromatic rings. The van der Waals surface area contributed by atoms with Crippen molar-refractivity contribution in [2.45, 2.75) is 104 Å². The van der Waals surface area contributed by atoms with Gasteiger partial charge in [0.1, 0.15) is 0 Å². The minimum atomic E-state index is -0.695. The minimum absolute atomic E-state index is 0.122. The van der Waals surface area contributed by atoms with Gasteiger partial charge in [0.25, 0.3) is 0 Å². The SMILES string of the molecule is CC(C)CC=CC(C)(O)C1CC[C@H]2[C@@H]3CC=C4C[C@@H](O)CC[C@]4(C)[C@H]3CC[C@]12C. The molecule has 0 saturated heterocycles. The van der Waals surface area contributed by atoms with Gasteiger partial charge in [0.15, 0.2) is 0 Å². The molecule has 0 heterocycles. The van der Waals surface area contributed by atoms with Crippen molar-refractivity contribution in [2.24, 2.45) is 40.4 Å². The molecule has 2 nitrogen and oxygen atoms in total. The lowest BCUT2D eigenvalue weighted by Gasteiger charge is -2.58. The van der Waals surface area contributed by atoms with Gasteiger partial charge in [-0.3, -0.25) is 0 Å². The van der Waals surface area contributed by atoms with Crippen LogP contribution in [-0.2, 0) is 0 Å². The van der Waals surface area contributed by atoms with Crippen molar-refractivity contribution in [3.8, 4) is 0 Å².